The summed E-state index contributed by atoms with van der Waals surface area (Å²) in [5.74, 6) is 0.193. The summed E-state index contributed by atoms with van der Waals surface area (Å²) in [6.45, 7) is 4.98. The second-order valence-corrected chi connectivity index (χ2v) is 7.59. The van der Waals surface area contributed by atoms with Crippen LogP contribution in [0.25, 0.3) is 10.9 Å². The third-order valence-electron chi connectivity index (χ3n) is 5.25. The van der Waals surface area contributed by atoms with Crippen molar-refractivity contribution in [2.24, 2.45) is 5.92 Å². The van der Waals surface area contributed by atoms with Crippen molar-refractivity contribution in [3.8, 4) is 0 Å². The van der Waals surface area contributed by atoms with Crippen LogP contribution in [0.1, 0.15) is 31.7 Å². The van der Waals surface area contributed by atoms with Crippen molar-refractivity contribution >= 4 is 22.7 Å². The smallest absolute Gasteiger partial charge is 0.242 e. The van der Waals surface area contributed by atoms with E-state index < -0.39 is 6.04 Å². The quantitative estimate of drug-likeness (QED) is 0.532. The average Bonchev–Trinajstić information content (AvgIpc) is 3.13. The van der Waals surface area contributed by atoms with Crippen LogP contribution in [0.2, 0.25) is 0 Å². The predicted octanol–water partition coefficient (Wildman–Crippen LogP) is 2.16. The van der Waals surface area contributed by atoms with E-state index >= 15 is 0 Å². The first-order valence-corrected chi connectivity index (χ1v) is 10.4. The van der Waals surface area contributed by atoms with Crippen LogP contribution in [-0.4, -0.2) is 55.8 Å². The lowest BCUT2D eigenvalue weighted by molar-refractivity contribution is -0.128. The number of hydrogen-bond donors (Lipinski definition) is 3. The zero-order chi connectivity index (χ0) is 20.5. The third kappa shape index (κ3) is 6.58. The first kappa shape index (κ1) is 21.3. The molecule has 1 fully saturated rings. The molecule has 1 aromatic heterocycles. The molecule has 1 aromatic carbocycles. The molecule has 2 amide bonds. The van der Waals surface area contributed by atoms with Crippen molar-refractivity contribution in [1.82, 2.24) is 15.6 Å². The van der Waals surface area contributed by atoms with Crippen LogP contribution in [0, 0.1) is 5.92 Å². The molecule has 1 aliphatic rings. The molecule has 0 radical (unpaired) electrons. The number of amides is 2. The van der Waals surface area contributed by atoms with Crippen LogP contribution >= 0.6 is 0 Å². The Morgan fingerprint density at radius 2 is 2.07 bits per heavy atom. The van der Waals surface area contributed by atoms with Gasteiger partial charge in [-0.2, -0.15) is 0 Å². The number of H-pyrrole nitrogens is 1. The Balaban J connectivity index is 1.43. The van der Waals surface area contributed by atoms with E-state index in [-0.39, 0.29) is 11.8 Å². The summed E-state index contributed by atoms with van der Waals surface area (Å²) in [5.41, 5.74) is 2.03. The molecule has 7 nitrogen and oxygen atoms in total. The van der Waals surface area contributed by atoms with Gasteiger partial charge in [0.1, 0.15) is 6.04 Å². The molecular weight excluding hydrogens is 370 g/mol. The third-order valence-corrected chi connectivity index (χ3v) is 5.25. The lowest BCUT2D eigenvalue weighted by Crippen LogP contribution is -2.47. The fourth-order valence-electron chi connectivity index (χ4n) is 3.65. The number of aromatic nitrogens is 1. The maximum atomic E-state index is 12.6. The van der Waals surface area contributed by atoms with Crippen LogP contribution in [-0.2, 0) is 25.5 Å². The zero-order valence-electron chi connectivity index (χ0n) is 17.0. The molecular formula is C22H31N3O4. The zero-order valence-corrected chi connectivity index (χ0v) is 17.0. The fourth-order valence-corrected chi connectivity index (χ4v) is 3.65. The van der Waals surface area contributed by atoms with Gasteiger partial charge in [-0.15, -0.1) is 0 Å². The average molecular weight is 402 g/mol. The van der Waals surface area contributed by atoms with Crippen LogP contribution in [0.15, 0.2) is 30.5 Å². The highest BCUT2D eigenvalue weighted by atomic mass is 16.5. The molecule has 158 valence electrons. The minimum atomic E-state index is -0.602. The summed E-state index contributed by atoms with van der Waals surface area (Å²) in [7, 11) is 0. The molecule has 0 spiro atoms. The number of nitrogens with one attached hydrogen (secondary N) is 3. The lowest BCUT2D eigenvalue weighted by Gasteiger charge is -2.21. The standard InChI is InChI=1S/C22H31N3O4/c1-16(26)25-21(13-18-14-24-20-6-3-2-5-19(18)20)22(27)23-9-4-10-29-15-17-7-11-28-12-8-17/h2-3,5-6,14,17,21,24H,4,7-13,15H2,1H3,(H,23,27)(H,25,26). The molecule has 3 N–H and O–H groups in total. The van der Waals surface area contributed by atoms with Crippen molar-refractivity contribution < 1.29 is 19.1 Å². The van der Waals surface area contributed by atoms with E-state index in [0.29, 0.717) is 25.5 Å². The molecule has 1 atom stereocenters. The Morgan fingerprint density at radius 3 is 2.86 bits per heavy atom. The van der Waals surface area contributed by atoms with Gasteiger partial charge in [0.2, 0.25) is 11.8 Å². The number of aromatic amines is 1. The van der Waals surface area contributed by atoms with E-state index in [9.17, 15) is 9.59 Å². The van der Waals surface area contributed by atoms with Gasteiger partial charge in [-0.05, 0) is 36.8 Å². The Kier molecular flexibility index (Phi) is 8.07. The van der Waals surface area contributed by atoms with Gasteiger partial charge >= 0.3 is 0 Å². The molecule has 0 saturated carbocycles. The van der Waals surface area contributed by atoms with E-state index in [4.69, 9.17) is 9.47 Å². The monoisotopic (exact) mass is 401 g/mol. The van der Waals surface area contributed by atoms with Crippen molar-refractivity contribution in [3.05, 3.63) is 36.0 Å². The minimum absolute atomic E-state index is 0.171. The first-order valence-electron chi connectivity index (χ1n) is 10.4. The summed E-state index contributed by atoms with van der Waals surface area (Å²) in [6, 6.07) is 7.33. The van der Waals surface area contributed by atoms with Gasteiger partial charge in [0.15, 0.2) is 0 Å². The van der Waals surface area contributed by atoms with Gasteiger partial charge in [0.25, 0.3) is 0 Å². The summed E-state index contributed by atoms with van der Waals surface area (Å²) in [4.78, 5) is 27.4. The van der Waals surface area contributed by atoms with Crippen molar-refractivity contribution in [2.75, 3.05) is 33.0 Å². The van der Waals surface area contributed by atoms with E-state index in [0.717, 1.165) is 55.5 Å². The van der Waals surface area contributed by atoms with Crippen LogP contribution in [0.3, 0.4) is 0 Å². The molecule has 2 aromatic rings. The fraction of sp³-hybridized carbons (Fsp3) is 0.545. The van der Waals surface area contributed by atoms with Crippen LogP contribution in [0.4, 0.5) is 0 Å². The van der Waals surface area contributed by atoms with Gasteiger partial charge in [-0.1, -0.05) is 18.2 Å². The number of para-hydroxylation sites is 1. The molecule has 1 unspecified atom stereocenters. The minimum Gasteiger partial charge on any atom is -0.381 e. The second-order valence-electron chi connectivity index (χ2n) is 7.59. The summed E-state index contributed by atoms with van der Waals surface area (Å²) in [6.07, 6.45) is 5.20. The molecule has 1 saturated heterocycles. The molecule has 3 rings (SSSR count). The molecule has 1 aliphatic heterocycles. The van der Waals surface area contributed by atoms with Crippen LogP contribution in [0.5, 0.6) is 0 Å². The molecule has 0 bridgehead atoms. The Bertz CT molecular complexity index is 798. The predicted molar refractivity (Wildman–Crippen MR) is 112 cm³/mol. The highest BCUT2D eigenvalue weighted by molar-refractivity contribution is 5.89. The van der Waals surface area contributed by atoms with Crippen LogP contribution < -0.4 is 10.6 Å². The number of rotatable bonds is 10. The Labute approximate surface area is 171 Å². The topological polar surface area (TPSA) is 92.5 Å². The highest BCUT2D eigenvalue weighted by Gasteiger charge is 2.21. The summed E-state index contributed by atoms with van der Waals surface area (Å²) in [5, 5.41) is 6.76. The Morgan fingerprint density at radius 1 is 1.28 bits per heavy atom. The summed E-state index contributed by atoms with van der Waals surface area (Å²) >= 11 is 0. The highest BCUT2D eigenvalue weighted by Crippen LogP contribution is 2.19. The maximum absolute atomic E-state index is 12.6. The Hall–Kier alpha value is -2.38. The largest absolute Gasteiger partial charge is 0.381 e. The maximum Gasteiger partial charge on any atom is 0.242 e. The summed E-state index contributed by atoms with van der Waals surface area (Å²) < 4.78 is 11.1. The van der Waals surface area contributed by atoms with Gasteiger partial charge in [-0.25, -0.2) is 0 Å². The van der Waals surface area contributed by atoms with E-state index in [1.165, 1.54) is 6.92 Å². The van der Waals surface area contributed by atoms with Crippen molar-refractivity contribution in [1.29, 1.82) is 0 Å². The normalized spacial score (nSPS) is 15.9. The lowest BCUT2D eigenvalue weighted by atomic mass is 10.0. The van der Waals surface area contributed by atoms with E-state index in [1.807, 2.05) is 30.5 Å². The van der Waals surface area contributed by atoms with Gasteiger partial charge in [-0.3, -0.25) is 9.59 Å². The first-order chi connectivity index (χ1) is 14.1. The molecule has 29 heavy (non-hydrogen) atoms. The number of fused-ring (bicyclic) bond motifs is 1. The van der Waals surface area contributed by atoms with E-state index in [1.54, 1.807) is 0 Å². The van der Waals surface area contributed by atoms with Gasteiger partial charge in [0.05, 0.1) is 0 Å². The number of carbonyl (C=O) groups is 2. The SMILES string of the molecule is CC(=O)NC(Cc1c[nH]c2ccccc12)C(=O)NCCCOCC1CCOCC1. The van der Waals surface area contributed by atoms with Crippen molar-refractivity contribution in [3.63, 3.8) is 0 Å². The molecule has 7 heteroatoms. The second kappa shape index (κ2) is 11.0. The van der Waals surface area contributed by atoms with Crippen molar-refractivity contribution in [2.45, 2.75) is 38.6 Å². The number of benzene rings is 1. The number of ether oxygens (including phenoxy) is 2. The van der Waals surface area contributed by atoms with E-state index in [2.05, 4.69) is 15.6 Å². The van der Waals surface area contributed by atoms with Gasteiger partial charge < -0.3 is 25.1 Å². The number of hydrogen-bond acceptors (Lipinski definition) is 4. The molecule has 2 heterocycles. The molecule has 0 aliphatic carbocycles. The van der Waals surface area contributed by atoms with Gasteiger partial charge in [0, 0.05) is 63.4 Å². The number of carbonyl (C=O) groups excluding carboxylic acids is 2.